The molecule has 0 saturated carbocycles. The van der Waals surface area contributed by atoms with Crippen molar-refractivity contribution in [2.75, 3.05) is 5.88 Å². The topological polar surface area (TPSA) is 12.9 Å². The largest absolute Gasteiger partial charge is 0.241 e. The van der Waals surface area contributed by atoms with Crippen molar-refractivity contribution >= 4 is 29.3 Å². The van der Waals surface area contributed by atoms with E-state index in [4.69, 9.17) is 23.2 Å². The summed E-state index contributed by atoms with van der Waals surface area (Å²) in [5, 5.41) is 0.599. The molecule has 0 saturated heterocycles. The zero-order valence-corrected chi connectivity index (χ0v) is 9.49. The van der Waals surface area contributed by atoms with Crippen LogP contribution < -0.4 is 0 Å². The number of hydrogen-bond donors (Lipinski definition) is 0. The number of hydrogen-bond acceptors (Lipinski definition) is 1. The maximum Gasteiger partial charge on any atom is 0.136 e. The molecule has 1 aliphatic carbocycles. The summed E-state index contributed by atoms with van der Waals surface area (Å²) < 4.78 is 0. The fourth-order valence-corrected chi connectivity index (χ4v) is 2.27. The maximum atomic E-state index is 6.07. The number of fused-ring (bicyclic) bond motifs is 1. The van der Waals surface area contributed by atoms with Gasteiger partial charge in [0, 0.05) is 17.1 Å². The lowest BCUT2D eigenvalue weighted by atomic mass is 9.94. The summed E-state index contributed by atoms with van der Waals surface area (Å²) in [5.74, 6) is 0.587. The molecular weight excluding hydrogens is 217 g/mol. The maximum absolute atomic E-state index is 6.07. The Balaban J connectivity index is 2.52. The molecule has 1 aromatic rings. The first-order valence-electron chi connectivity index (χ1n) is 4.62. The van der Waals surface area contributed by atoms with Gasteiger partial charge in [-0.2, -0.15) is 0 Å². The van der Waals surface area contributed by atoms with E-state index in [1.165, 1.54) is 11.1 Å². The van der Waals surface area contributed by atoms with E-state index in [-0.39, 0.29) is 0 Å². The van der Waals surface area contributed by atoms with Crippen LogP contribution in [0, 0.1) is 6.92 Å². The molecule has 1 aromatic heterocycles. The number of nitrogens with zero attached hydrogens (tertiary/aromatic N) is 1. The van der Waals surface area contributed by atoms with Crippen molar-refractivity contribution in [3.05, 3.63) is 33.6 Å². The van der Waals surface area contributed by atoms with Gasteiger partial charge >= 0.3 is 0 Å². The summed E-state index contributed by atoms with van der Waals surface area (Å²) in [6, 6.07) is 2.10. The lowest BCUT2D eigenvalue weighted by Gasteiger charge is -2.16. The van der Waals surface area contributed by atoms with E-state index >= 15 is 0 Å². The Morgan fingerprint density at radius 2 is 2.21 bits per heavy atom. The van der Waals surface area contributed by atoms with Gasteiger partial charge < -0.3 is 0 Å². The average Bonchev–Trinajstić information content (AvgIpc) is 2.17. The van der Waals surface area contributed by atoms with E-state index in [1.807, 2.05) is 6.92 Å². The third kappa shape index (κ3) is 1.79. The van der Waals surface area contributed by atoms with E-state index in [2.05, 4.69) is 17.1 Å². The fourth-order valence-electron chi connectivity index (χ4n) is 1.75. The lowest BCUT2D eigenvalue weighted by molar-refractivity contribution is 0.918. The van der Waals surface area contributed by atoms with Crippen LogP contribution in [0.2, 0.25) is 5.15 Å². The molecule has 0 aliphatic heterocycles. The number of aryl methyl sites for hydroxylation is 2. The second kappa shape index (κ2) is 3.92. The highest BCUT2D eigenvalue weighted by atomic mass is 35.5. The van der Waals surface area contributed by atoms with Gasteiger partial charge in [0.05, 0.1) is 0 Å². The van der Waals surface area contributed by atoms with Crippen molar-refractivity contribution in [2.24, 2.45) is 0 Å². The number of alkyl halides is 1. The Labute approximate surface area is 93.8 Å². The van der Waals surface area contributed by atoms with Crippen molar-refractivity contribution in [2.45, 2.75) is 19.8 Å². The molecule has 1 aliphatic rings. The predicted molar refractivity (Wildman–Crippen MR) is 61.0 cm³/mol. The van der Waals surface area contributed by atoms with E-state index in [1.54, 1.807) is 0 Å². The minimum atomic E-state index is 0.587. The molecule has 1 nitrogen and oxygen atoms in total. The lowest BCUT2D eigenvalue weighted by Crippen LogP contribution is -2.03. The van der Waals surface area contributed by atoms with Gasteiger partial charge in [-0.25, -0.2) is 4.98 Å². The summed E-state index contributed by atoms with van der Waals surface area (Å²) in [4.78, 5) is 4.23. The minimum absolute atomic E-state index is 0.587. The third-order valence-corrected chi connectivity index (χ3v) is 3.09. The van der Waals surface area contributed by atoms with Gasteiger partial charge in [0.15, 0.2) is 0 Å². The highest BCUT2D eigenvalue weighted by Gasteiger charge is 2.13. The molecular formula is C11H11Cl2N. The van der Waals surface area contributed by atoms with E-state index in [0.29, 0.717) is 11.0 Å². The number of allylic oxidation sites excluding steroid dienone is 1. The van der Waals surface area contributed by atoms with Gasteiger partial charge in [-0.15, -0.1) is 11.6 Å². The molecule has 0 unspecified atom stereocenters. The summed E-state index contributed by atoms with van der Waals surface area (Å²) in [6.07, 6.45) is 4.13. The van der Waals surface area contributed by atoms with Crippen LogP contribution in [0.25, 0.3) is 6.08 Å². The molecule has 1 heterocycles. The van der Waals surface area contributed by atoms with Gasteiger partial charge in [-0.1, -0.05) is 23.3 Å². The summed E-state index contributed by atoms with van der Waals surface area (Å²) in [6.45, 7) is 1.97. The molecule has 0 fully saturated rings. The minimum Gasteiger partial charge on any atom is -0.241 e. The van der Waals surface area contributed by atoms with Gasteiger partial charge in [0.1, 0.15) is 5.15 Å². The smallest absolute Gasteiger partial charge is 0.136 e. The van der Waals surface area contributed by atoms with Crippen LogP contribution in [0.15, 0.2) is 11.6 Å². The number of halogens is 2. The van der Waals surface area contributed by atoms with Crippen molar-refractivity contribution in [3.8, 4) is 0 Å². The quantitative estimate of drug-likeness (QED) is 0.528. The van der Waals surface area contributed by atoms with Gasteiger partial charge in [0.25, 0.3) is 0 Å². The molecule has 0 aromatic carbocycles. The van der Waals surface area contributed by atoms with Crippen molar-refractivity contribution < 1.29 is 0 Å². The molecule has 3 heteroatoms. The average molecular weight is 228 g/mol. The molecule has 0 spiro atoms. The summed E-state index contributed by atoms with van der Waals surface area (Å²) in [7, 11) is 0. The van der Waals surface area contributed by atoms with Crippen molar-refractivity contribution in [3.63, 3.8) is 0 Å². The van der Waals surface area contributed by atoms with Crippen molar-refractivity contribution in [1.29, 1.82) is 0 Å². The number of aromatic nitrogens is 1. The molecule has 0 amide bonds. The molecule has 0 radical (unpaired) electrons. The molecule has 0 bridgehead atoms. The zero-order chi connectivity index (χ0) is 10.1. The predicted octanol–water partition coefficient (Wildman–Crippen LogP) is 3.61. The van der Waals surface area contributed by atoms with E-state index < -0.39 is 0 Å². The Hall–Kier alpha value is -0.530. The highest BCUT2D eigenvalue weighted by Crippen LogP contribution is 2.29. The number of pyridine rings is 1. The first-order valence-corrected chi connectivity index (χ1v) is 5.53. The third-order valence-electron chi connectivity index (χ3n) is 2.46. The van der Waals surface area contributed by atoms with Crippen LogP contribution >= 0.6 is 23.2 Å². The summed E-state index contributed by atoms with van der Waals surface area (Å²) in [5.41, 5.74) is 4.57. The zero-order valence-electron chi connectivity index (χ0n) is 7.98. The van der Waals surface area contributed by atoms with Gasteiger partial charge in [-0.3, -0.25) is 0 Å². The van der Waals surface area contributed by atoms with Crippen molar-refractivity contribution in [1.82, 2.24) is 4.98 Å². The Bertz CT molecular complexity index is 397. The standard InChI is InChI=1S/C11H11Cl2N/c1-7-4-9-3-2-8(6-12)5-10(9)11(13)14-7/h4-5H,2-3,6H2,1H3. The highest BCUT2D eigenvalue weighted by molar-refractivity contribution is 6.31. The Kier molecular flexibility index (Phi) is 2.80. The molecule has 74 valence electrons. The second-order valence-electron chi connectivity index (χ2n) is 3.56. The molecule has 14 heavy (non-hydrogen) atoms. The first kappa shape index (κ1) is 10.0. The molecule has 0 N–H and O–H groups in total. The van der Waals surface area contributed by atoms with Crippen LogP contribution in [0.3, 0.4) is 0 Å². The van der Waals surface area contributed by atoms with Crippen LogP contribution in [0.1, 0.15) is 23.2 Å². The SMILES string of the molecule is Cc1cc2c(c(Cl)n1)C=C(CCl)CC2. The van der Waals surface area contributed by atoms with Crippen LogP contribution in [0.4, 0.5) is 0 Å². The summed E-state index contributed by atoms with van der Waals surface area (Å²) >= 11 is 11.9. The van der Waals surface area contributed by atoms with E-state index in [9.17, 15) is 0 Å². The van der Waals surface area contributed by atoms with Crippen LogP contribution in [-0.2, 0) is 6.42 Å². The Morgan fingerprint density at radius 3 is 2.93 bits per heavy atom. The second-order valence-corrected chi connectivity index (χ2v) is 4.19. The first-order chi connectivity index (χ1) is 6.70. The normalized spacial score (nSPS) is 14.9. The van der Waals surface area contributed by atoms with Crippen LogP contribution in [-0.4, -0.2) is 10.9 Å². The van der Waals surface area contributed by atoms with Gasteiger partial charge in [-0.05, 0) is 31.4 Å². The van der Waals surface area contributed by atoms with E-state index in [0.717, 1.165) is 24.1 Å². The monoisotopic (exact) mass is 227 g/mol. The fraction of sp³-hybridized carbons (Fsp3) is 0.364. The van der Waals surface area contributed by atoms with Gasteiger partial charge in [0.2, 0.25) is 0 Å². The Morgan fingerprint density at radius 1 is 1.43 bits per heavy atom. The molecule has 0 atom stereocenters. The molecule has 2 rings (SSSR count). The van der Waals surface area contributed by atoms with Crippen LogP contribution in [0.5, 0.6) is 0 Å². The number of rotatable bonds is 1.